The first-order valence-electron chi connectivity index (χ1n) is 9.61. The van der Waals surface area contributed by atoms with Gasteiger partial charge in [-0.3, -0.25) is 0 Å². The van der Waals surface area contributed by atoms with Crippen LogP contribution in [0.15, 0.2) is 54.6 Å². The topological polar surface area (TPSA) is 24.5 Å². The molecule has 146 valence electrons. The Morgan fingerprint density at radius 3 is 2.75 bits per heavy atom. The molecule has 1 N–H and O–H groups in total. The highest BCUT2D eigenvalue weighted by molar-refractivity contribution is 5.87. The summed E-state index contributed by atoms with van der Waals surface area (Å²) in [6.07, 6.45) is 1.03. The van der Waals surface area contributed by atoms with Crippen LogP contribution in [0.3, 0.4) is 0 Å². The number of rotatable bonds is 6. The van der Waals surface area contributed by atoms with Crippen molar-refractivity contribution in [1.82, 2.24) is 5.32 Å². The van der Waals surface area contributed by atoms with Gasteiger partial charge in [0, 0.05) is 43.5 Å². The molecular formula is C23H24F2N2O. The summed E-state index contributed by atoms with van der Waals surface area (Å²) >= 11 is 0. The second kappa shape index (κ2) is 8.15. The zero-order chi connectivity index (χ0) is 19.5. The van der Waals surface area contributed by atoms with Gasteiger partial charge < -0.3 is 15.0 Å². The predicted octanol–water partition coefficient (Wildman–Crippen LogP) is 4.74. The lowest BCUT2D eigenvalue weighted by atomic mass is 10.0. The smallest absolute Gasteiger partial charge is 0.160 e. The maximum absolute atomic E-state index is 13.5. The lowest BCUT2D eigenvalue weighted by molar-refractivity contribution is 0.407. The molecule has 0 radical (unpaired) electrons. The molecule has 3 aromatic carbocycles. The molecule has 0 saturated carbocycles. The second-order valence-electron chi connectivity index (χ2n) is 7.30. The molecule has 0 unspecified atom stereocenters. The SMILES string of the molecule is COc1ccc2ccccc2c1CNC[C@@H]1CCN(c2ccc(F)c(F)c2)C1. The summed E-state index contributed by atoms with van der Waals surface area (Å²) in [5.41, 5.74) is 1.91. The molecule has 1 saturated heterocycles. The molecule has 1 aliphatic heterocycles. The van der Waals surface area contributed by atoms with E-state index in [1.807, 2.05) is 18.2 Å². The minimum atomic E-state index is -0.801. The fourth-order valence-corrected chi connectivity index (χ4v) is 4.01. The fraction of sp³-hybridized carbons (Fsp3) is 0.304. The number of nitrogens with zero attached hydrogens (tertiary/aromatic N) is 1. The zero-order valence-corrected chi connectivity index (χ0v) is 15.9. The molecule has 0 aromatic heterocycles. The summed E-state index contributed by atoms with van der Waals surface area (Å²) in [5.74, 6) is -0.234. The number of nitrogens with one attached hydrogen (secondary N) is 1. The summed E-state index contributed by atoms with van der Waals surface area (Å²) in [6.45, 7) is 3.29. The maximum atomic E-state index is 13.5. The summed E-state index contributed by atoms with van der Waals surface area (Å²) in [4.78, 5) is 2.12. The van der Waals surface area contributed by atoms with Gasteiger partial charge in [0.25, 0.3) is 0 Å². The van der Waals surface area contributed by atoms with Crippen LogP contribution in [0, 0.1) is 17.6 Å². The molecule has 3 nitrogen and oxygen atoms in total. The Morgan fingerprint density at radius 1 is 1.07 bits per heavy atom. The van der Waals surface area contributed by atoms with Gasteiger partial charge in [0.15, 0.2) is 11.6 Å². The molecule has 1 aliphatic rings. The van der Waals surface area contributed by atoms with Crippen molar-refractivity contribution < 1.29 is 13.5 Å². The van der Waals surface area contributed by atoms with Crippen LogP contribution in [0.5, 0.6) is 5.75 Å². The zero-order valence-electron chi connectivity index (χ0n) is 15.9. The number of hydrogen-bond donors (Lipinski definition) is 1. The van der Waals surface area contributed by atoms with Gasteiger partial charge in [0.1, 0.15) is 5.75 Å². The lowest BCUT2D eigenvalue weighted by Gasteiger charge is -2.19. The van der Waals surface area contributed by atoms with Crippen LogP contribution < -0.4 is 15.0 Å². The van der Waals surface area contributed by atoms with E-state index in [0.29, 0.717) is 5.92 Å². The van der Waals surface area contributed by atoms with Gasteiger partial charge >= 0.3 is 0 Å². The third-order valence-electron chi connectivity index (χ3n) is 5.51. The Bertz CT molecular complexity index is 976. The number of halogens is 2. The highest BCUT2D eigenvalue weighted by atomic mass is 19.2. The quantitative estimate of drug-likeness (QED) is 0.666. The van der Waals surface area contributed by atoms with Gasteiger partial charge in [-0.1, -0.05) is 30.3 Å². The van der Waals surface area contributed by atoms with E-state index in [9.17, 15) is 8.78 Å². The number of benzene rings is 3. The van der Waals surface area contributed by atoms with E-state index >= 15 is 0 Å². The van der Waals surface area contributed by atoms with Crippen LogP contribution in [-0.4, -0.2) is 26.7 Å². The molecule has 0 amide bonds. The molecule has 5 heteroatoms. The molecule has 0 aliphatic carbocycles. The predicted molar refractivity (Wildman–Crippen MR) is 109 cm³/mol. The Hall–Kier alpha value is -2.66. The molecule has 0 bridgehead atoms. The minimum absolute atomic E-state index is 0.467. The molecule has 1 heterocycles. The summed E-state index contributed by atoms with van der Waals surface area (Å²) in [7, 11) is 1.70. The van der Waals surface area contributed by atoms with Crippen LogP contribution in [0.4, 0.5) is 14.5 Å². The highest BCUT2D eigenvalue weighted by Crippen LogP contribution is 2.28. The van der Waals surface area contributed by atoms with E-state index < -0.39 is 11.6 Å². The van der Waals surface area contributed by atoms with Gasteiger partial charge in [-0.25, -0.2) is 8.78 Å². The van der Waals surface area contributed by atoms with E-state index in [0.717, 1.165) is 49.6 Å². The molecular weight excluding hydrogens is 358 g/mol. The maximum Gasteiger partial charge on any atom is 0.160 e. The van der Waals surface area contributed by atoms with Crippen molar-refractivity contribution in [2.75, 3.05) is 31.6 Å². The van der Waals surface area contributed by atoms with Crippen molar-refractivity contribution in [3.05, 3.63) is 71.8 Å². The van der Waals surface area contributed by atoms with Crippen molar-refractivity contribution in [2.45, 2.75) is 13.0 Å². The Morgan fingerprint density at radius 2 is 1.93 bits per heavy atom. The minimum Gasteiger partial charge on any atom is -0.496 e. The summed E-state index contributed by atoms with van der Waals surface area (Å²) < 4.78 is 32.2. The van der Waals surface area contributed by atoms with Crippen LogP contribution in [0.25, 0.3) is 10.8 Å². The molecule has 28 heavy (non-hydrogen) atoms. The van der Waals surface area contributed by atoms with Gasteiger partial charge in [0.05, 0.1) is 7.11 Å². The van der Waals surface area contributed by atoms with E-state index in [1.54, 1.807) is 13.2 Å². The normalized spacial score (nSPS) is 16.7. The first-order chi connectivity index (χ1) is 13.7. The first-order valence-corrected chi connectivity index (χ1v) is 9.61. The van der Waals surface area contributed by atoms with Crippen LogP contribution in [-0.2, 0) is 6.54 Å². The van der Waals surface area contributed by atoms with Crippen molar-refractivity contribution in [1.29, 1.82) is 0 Å². The largest absolute Gasteiger partial charge is 0.496 e. The van der Waals surface area contributed by atoms with Gasteiger partial charge in [0.2, 0.25) is 0 Å². The Labute approximate surface area is 163 Å². The van der Waals surface area contributed by atoms with E-state index in [1.165, 1.54) is 22.9 Å². The van der Waals surface area contributed by atoms with Gasteiger partial charge in [-0.05, 0) is 41.3 Å². The molecule has 1 atom stereocenters. The summed E-state index contributed by atoms with van der Waals surface area (Å²) in [5, 5.41) is 5.96. The number of fused-ring (bicyclic) bond motifs is 1. The monoisotopic (exact) mass is 382 g/mol. The fourth-order valence-electron chi connectivity index (χ4n) is 4.01. The van der Waals surface area contributed by atoms with E-state index in [2.05, 4.69) is 28.4 Å². The average molecular weight is 382 g/mol. The highest BCUT2D eigenvalue weighted by Gasteiger charge is 2.23. The third-order valence-corrected chi connectivity index (χ3v) is 5.51. The number of methoxy groups -OCH3 is 1. The molecule has 4 rings (SSSR count). The first kappa shape index (κ1) is 18.7. The van der Waals surface area contributed by atoms with Crippen molar-refractivity contribution in [3.63, 3.8) is 0 Å². The van der Waals surface area contributed by atoms with Crippen molar-refractivity contribution >= 4 is 16.5 Å². The van der Waals surface area contributed by atoms with Crippen LogP contribution in [0.2, 0.25) is 0 Å². The number of anilines is 1. The van der Waals surface area contributed by atoms with Crippen molar-refractivity contribution in [2.24, 2.45) is 5.92 Å². The molecule has 1 fully saturated rings. The van der Waals surface area contributed by atoms with Gasteiger partial charge in [-0.15, -0.1) is 0 Å². The van der Waals surface area contributed by atoms with Crippen LogP contribution >= 0.6 is 0 Å². The van der Waals surface area contributed by atoms with Gasteiger partial charge in [-0.2, -0.15) is 0 Å². The number of hydrogen-bond acceptors (Lipinski definition) is 3. The van der Waals surface area contributed by atoms with E-state index in [4.69, 9.17) is 4.74 Å². The Kier molecular flexibility index (Phi) is 5.44. The molecule has 0 spiro atoms. The average Bonchev–Trinajstić information content (AvgIpc) is 3.19. The third kappa shape index (κ3) is 3.80. The second-order valence-corrected chi connectivity index (χ2v) is 7.30. The summed E-state index contributed by atoms with van der Waals surface area (Å²) in [6, 6.07) is 16.5. The molecule has 3 aromatic rings. The van der Waals surface area contributed by atoms with E-state index in [-0.39, 0.29) is 0 Å². The van der Waals surface area contributed by atoms with Crippen molar-refractivity contribution in [3.8, 4) is 5.75 Å². The number of ether oxygens (including phenoxy) is 1. The van der Waals surface area contributed by atoms with Crippen LogP contribution in [0.1, 0.15) is 12.0 Å². The Balaban J connectivity index is 1.38. The lowest BCUT2D eigenvalue weighted by Crippen LogP contribution is -2.26. The standard InChI is InChI=1S/C23H24F2N2O/c1-28-23-9-6-17-4-2-3-5-19(17)20(23)14-26-13-16-10-11-27(15-16)18-7-8-21(24)22(25)12-18/h2-9,12,16,26H,10-11,13-15H2,1H3/t16-/m0/s1.